The van der Waals surface area contributed by atoms with Gasteiger partial charge in [0.15, 0.2) is 9.84 Å². The third-order valence-corrected chi connectivity index (χ3v) is 6.05. The van der Waals surface area contributed by atoms with Crippen LogP contribution in [0.3, 0.4) is 0 Å². The van der Waals surface area contributed by atoms with Gasteiger partial charge in [0, 0.05) is 0 Å². The zero-order valence-electron chi connectivity index (χ0n) is 13.2. The highest BCUT2D eigenvalue weighted by atomic mass is 32.2. The lowest BCUT2D eigenvalue weighted by Crippen LogP contribution is -2.25. The zero-order valence-corrected chi connectivity index (χ0v) is 14.1. The van der Waals surface area contributed by atoms with E-state index < -0.39 is 15.8 Å². The molecular weight excluding hydrogens is 300 g/mol. The maximum atomic E-state index is 12.4. The summed E-state index contributed by atoms with van der Waals surface area (Å²) >= 11 is 0. The van der Waals surface area contributed by atoms with Gasteiger partial charge in [0.2, 0.25) is 0 Å². The smallest absolute Gasteiger partial charge is 0.339 e. The second-order valence-electron chi connectivity index (χ2n) is 6.11. The number of ether oxygens (including phenoxy) is 1. The van der Waals surface area contributed by atoms with Crippen LogP contribution in [0.1, 0.15) is 56.3 Å². The van der Waals surface area contributed by atoms with Crippen molar-refractivity contribution in [1.82, 2.24) is 0 Å². The maximum Gasteiger partial charge on any atom is 0.339 e. The average molecular weight is 324 g/mol. The Labute approximate surface area is 132 Å². The van der Waals surface area contributed by atoms with E-state index in [1.165, 1.54) is 12.1 Å². The molecule has 0 saturated heterocycles. The van der Waals surface area contributed by atoms with Crippen molar-refractivity contribution < 1.29 is 17.9 Å². The number of carbonyl (C=O) groups is 1. The Balaban J connectivity index is 2.20. The van der Waals surface area contributed by atoms with Crippen LogP contribution in [-0.2, 0) is 14.6 Å². The summed E-state index contributed by atoms with van der Waals surface area (Å²) in [4.78, 5) is 12.5. The van der Waals surface area contributed by atoms with Crippen LogP contribution in [0.5, 0.6) is 0 Å². The Bertz CT molecular complexity index is 621. The van der Waals surface area contributed by atoms with E-state index in [-0.39, 0.29) is 22.3 Å². The van der Waals surface area contributed by atoms with Gasteiger partial charge < -0.3 is 4.74 Å². The summed E-state index contributed by atoms with van der Waals surface area (Å²) in [5, 5.41) is 0. The van der Waals surface area contributed by atoms with Crippen molar-refractivity contribution in [3.63, 3.8) is 0 Å². The fourth-order valence-corrected chi connectivity index (χ4v) is 4.52. The normalized spacial score (nSPS) is 22.3. The first-order valence-electron chi connectivity index (χ1n) is 7.96. The monoisotopic (exact) mass is 324 g/mol. The van der Waals surface area contributed by atoms with E-state index in [2.05, 4.69) is 6.92 Å². The molecule has 0 spiro atoms. The topological polar surface area (TPSA) is 60.4 Å². The molecule has 2 rings (SSSR count). The highest BCUT2D eigenvalue weighted by Crippen LogP contribution is 2.27. The lowest BCUT2D eigenvalue weighted by molar-refractivity contribution is 0.0151. The van der Waals surface area contributed by atoms with Crippen molar-refractivity contribution >= 4 is 15.8 Å². The van der Waals surface area contributed by atoms with Crippen LogP contribution < -0.4 is 0 Å². The number of esters is 1. The summed E-state index contributed by atoms with van der Waals surface area (Å²) in [6.45, 7) is 3.96. The average Bonchev–Trinajstić information content (AvgIpc) is 2.47. The minimum absolute atomic E-state index is 0.0394. The number of rotatable bonds is 5. The van der Waals surface area contributed by atoms with Crippen LogP contribution in [0.4, 0.5) is 0 Å². The summed E-state index contributed by atoms with van der Waals surface area (Å²) in [5.74, 6) is 0.0672. The van der Waals surface area contributed by atoms with E-state index in [0.717, 1.165) is 25.7 Å². The minimum atomic E-state index is -3.44. The maximum absolute atomic E-state index is 12.4. The zero-order chi connectivity index (χ0) is 16.2. The highest BCUT2D eigenvalue weighted by molar-refractivity contribution is 7.91. The molecule has 0 amide bonds. The second kappa shape index (κ2) is 7.27. The molecule has 4 nitrogen and oxygen atoms in total. The summed E-state index contributed by atoms with van der Waals surface area (Å²) < 4.78 is 30.1. The lowest BCUT2D eigenvalue weighted by atomic mass is 9.89. The summed E-state index contributed by atoms with van der Waals surface area (Å²) in [6, 6.07) is 6.34. The molecule has 22 heavy (non-hydrogen) atoms. The number of benzene rings is 1. The molecule has 122 valence electrons. The summed E-state index contributed by atoms with van der Waals surface area (Å²) in [6.07, 6.45) is 4.35. The number of hydrogen-bond donors (Lipinski definition) is 0. The Morgan fingerprint density at radius 2 is 2.00 bits per heavy atom. The van der Waals surface area contributed by atoms with Crippen molar-refractivity contribution in [2.75, 3.05) is 5.75 Å². The molecule has 2 unspecified atom stereocenters. The van der Waals surface area contributed by atoms with Crippen LogP contribution in [-0.4, -0.2) is 26.2 Å². The van der Waals surface area contributed by atoms with Crippen LogP contribution in [0.2, 0.25) is 0 Å². The lowest BCUT2D eigenvalue weighted by Gasteiger charge is -2.26. The van der Waals surface area contributed by atoms with Gasteiger partial charge in [-0.25, -0.2) is 13.2 Å². The van der Waals surface area contributed by atoms with Gasteiger partial charge >= 0.3 is 5.97 Å². The summed E-state index contributed by atoms with van der Waals surface area (Å²) in [7, 11) is -3.44. The van der Waals surface area contributed by atoms with Crippen LogP contribution in [0.25, 0.3) is 0 Å². The van der Waals surface area contributed by atoms with E-state index >= 15 is 0 Å². The third-order valence-electron chi connectivity index (χ3n) is 4.08. The molecule has 0 aromatic heterocycles. The summed E-state index contributed by atoms with van der Waals surface area (Å²) in [5.41, 5.74) is 0.161. The van der Waals surface area contributed by atoms with E-state index in [0.29, 0.717) is 12.3 Å². The number of carbonyl (C=O) groups excluding carboxylic acids is 1. The predicted octanol–water partition coefficient (Wildman–Crippen LogP) is 3.61. The molecule has 0 aliphatic heterocycles. The molecular formula is C17H24O4S. The van der Waals surface area contributed by atoms with Gasteiger partial charge in [-0.3, -0.25) is 0 Å². The Hall–Kier alpha value is -1.36. The Morgan fingerprint density at radius 3 is 2.68 bits per heavy atom. The molecule has 1 fully saturated rings. The van der Waals surface area contributed by atoms with Crippen molar-refractivity contribution in [3.8, 4) is 0 Å². The fourth-order valence-electron chi connectivity index (χ4n) is 2.99. The first-order chi connectivity index (χ1) is 10.4. The van der Waals surface area contributed by atoms with Crippen LogP contribution in [0.15, 0.2) is 29.2 Å². The van der Waals surface area contributed by atoms with Crippen LogP contribution in [0, 0.1) is 5.92 Å². The van der Waals surface area contributed by atoms with Gasteiger partial charge in [-0.05, 0) is 43.7 Å². The fraction of sp³-hybridized carbons (Fsp3) is 0.588. The van der Waals surface area contributed by atoms with Gasteiger partial charge in [-0.1, -0.05) is 32.4 Å². The molecule has 0 N–H and O–H groups in total. The molecule has 1 saturated carbocycles. The standard InChI is InChI=1S/C17H24O4S/c1-3-11-22(19,20)16-10-5-4-9-15(16)17(18)21-14-8-6-7-13(2)12-14/h4-5,9-10,13-14H,3,6-8,11-12H2,1-2H3. The van der Waals surface area contributed by atoms with Gasteiger partial charge in [-0.2, -0.15) is 0 Å². The molecule has 0 bridgehead atoms. The van der Waals surface area contributed by atoms with Crippen LogP contribution >= 0.6 is 0 Å². The van der Waals surface area contributed by atoms with Gasteiger partial charge in [-0.15, -0.1) is 0 Å². The quantitative estimate of drug-likeness (QED) is 0.776. The Morgan fingerprint density at radius 1 is 1.27 bits per heavy atom. The molecule has 0 heterocycles. The molecule has 1 aliphatic carbocycles. The first-order valence-corrected chi connectivity index (χ1v) is 9.62. The van der Waals surface area contributed by atoms with Crippen molar-refractivity contribution in [2.24, 2.45) is 5.92 Å². The van der Waals surface area contributed by atoms with Gasteiger partial charge in [0.25, 0.3) is 0 Å². The van der Waals surface area contributed by atoms with E-state index in [9.17, 15) is 13.2 Å². The third kappa shape index (κ3) is 4.09. The number of sulfone groups is 1. The van der Waals surface area contributed by atoms with Crippen molar-refractivity contribution in [2.45, 2.75) is 57.0 Å². The SMILES string of the molecule is CCCS(=O)(=O)c1ccccc1C(=O)OC1CCCC(C)C1. The molecule has 1 aromatic rings. The highest BCUT2D eigenvalue weighted by Gasteiger charge is 2.26. The largest absolute Gasteiger partial charge is 0.459 e. The molecule has 5 heteroatoms. The molecule has 0 radical (unpaired) electrons. The first kappa shape index (κ1) is 17.0. The van der Waals surface area contributed by atoms with E-state index in [1.54, 1.807) is 12.1 Å². The van der Waals surface area contributed by atoms with E-state index in [1.807, 2.05) is 6.92 Å². The molecule has 1 aliphatic rings. The van der Waals surface area contributed by atoms with E-state index in [4.69, 9.17) is 4.74 Å². The van der Waals surface area contributed by atoms with Crippen molar-refractivity contribution in [3.05, 3.63) is 29.8 Å². The van der Waals surface area contributed by atoms with Gasteiger partial charge in [0.1, 0.15) is 6.10 Å². The molecule has 1 aromatic carbocycles. The predicted molar refractivity (Wildman–Crippen MR) is 85.6 cm³/mol. The number of hydrogen-bond acceptors (Lipinski definition) is 4. The van der Waals surface area contributed by atoms with Crippen molar-refractivity contribution in [1.29, 1.82) is 0 Å². The Kier molecular flexibility index (Phi) is 5.62. The minimum Gasteiger partial charge on any atom is -0.459 e. The molecule has 2 atom stereocenters. The second-order valence-corrected chi connectivity index (χ2v) is 8.19. The van der Waals surface area contributed by atoms with Gasteiger partial charge in [0.05, 0.1) is 16.2 Å².